The maximum Gasteiger partial charge on any atom is 0.174 e. The molecule has 3 heterocycles. The van der Waals surface area contributed by atoms with Crippen LogP contribution >= 0.6 is 28.1 Å². The Morgan fingerprint density at radius 3 is 2.42 bits per heavy atom. The number of phenols is 1. The zero-order valence-corrected chi connectivity index (χ0v) is 20.6. The van der Waals surface area contributed by atoms with Crippen molar-refractivity contribution in [2.24, 2.45) is 0 Å². The Morgan fingerprint density at radius 1 is 1.00 bits per heavy atom. The monoisotopic (exact) mass is 518 g/mol. The molecular formula is C26H23BrN4OS. The van der Waals surface area contributed by atoms with Crippen molar-refractivity contribution in [2.45, 2.75) is 25.9 Å². The fourth-order valence-electron chi connectivity index (χ4n) is 4.67. The van der Waals surface area contributed by atoms with Crippen LogP contribution < -0.4 is 10.2 Å². The van der Waals surface area contributed by atoms with Crippen molar-refractivity contribution in [1.82, 2.24) is 14.9 Å². The second-order valence-corrected chi connectivity index (χ2v) is 9.43. The molecule has 1 fully saturated rings. The molecule has 0 radical (unpaired) electrons. The van der Waals surface area contributed by atoms with E-state index in [4.69, 9.17) is 12.2 Å². The van der Waals surface area contributed by atoms with Gasteiger partial charge in [-0.1, -0.05) is 34.1 Å². The van der Waals surface area contributed by atoms with Gasteiger partial charge in [0.25, 0.3) is 0 Å². The molecule has 1 aliphatic rings. The molecule has 2 atom stereocenters. The molecule has 0 bridgehead atoms. The first kappa shape index (κ1) is 21.7. The summed E-state index contributed by atoms with van der Waals surface area (Å²) in [6.45, 7) is 4.24. The number of para-hydroxylation sites is 2. The first-order valence-corrected chi connectivity index (χ1v) is 11.9. The summed E-state index contributed by atoms with van der Waals surface area (Å²) in [6.07, 6.45) is 1.80. The van der Waals surface area contributed by atoms with Crippen LogP contribution in [0.4, 0.5) is 5.69 Å². The number of aromatic nitrogens is 2. The van der Waals surface area contributed by atoms with Crippen LogP contribution in [0.25, 0.3) is 5.69 Å². The van der Waals surface area contributed by atoms with Gasteiger partial charge in [-0.25, -0.2) is 0 Å². The molecule has 0 unspecified atom stereocenters. The van der Waals surface area contributed by atoms with Gasteiger partial charge in [-0.05, 0) is 86.2 Å². The molecule has 166 valence electrons. The zero-order valence-electron chi connectivity index (χ0n) is 18.2. The van der Waals surface area contributed by atoms with Gasteiger partial charge in [0.05, 0.1) is 23.5 Å². The van der Waals surface area contributed by atoms with Crippen molar-refractivity contribution in [1.29, 1.82) is 0 Å². The van der Waals surface area contributed by atoms with E-state index in [1.54, 1.807) is 12.3 Å². The summed E-state index contributed by atoms with van der Waals surface area (Å²) in [5.41, 5.74) is 6.04. The van der Waals surface area contributed by atoms with Gasteiger partial charge in [0.15, 0.2) is 5.11 Å². The van der Waals surface area contributed by atoms with Gasteiger partial charge >= 0.3 is 0 Å². The Morgan fingerprint density at radius 2 is 1.73 bits per heavy atom. The highest BCUT2D eigenvalue weighted by atomic mass is 79.9. The van der Waals surface area contributed by atoms with Crippen LogP contribution in [0, 0.1) is 13.8 Å². The molecule has 4 aromatic rings. The van der Waals surface area contributed by atoms with Gasteiger partial charge < -0.3 is 19.9 Å². The van der Waals surface area contributed by atoms with E-state index in [2.05, 4.69) is 62.8 Å². The second-order valence-electron chi connectivity index (χ2n) is 8.12. The minimum absolute atomic E-state index is 0.169. The van der Waals surface area contributed by atoms with E-state index in [9.17, 15) is 5.11 Å². The van der Waals surface area contributed by atoms with Crippen LogP contribution in [0.15, 0.2) is 83.5 Å². The van der Waals surface area contributed by atoms with Crippen molar-refractivity contribution < 1.29 is 5.11 Å². The number of hydrogen-bond acceptors (Lipinski definition) is 3. The van der Waals surface area contributed by atoms with Gasteiger partial charge in [0.1, 0.15) is 5.75 Å². The summed E-state index contributed by atoms with van der Waals surface area (Å²) in [4.78, 5) is 6.64. The van der Waals surface area contributed by atoms with Crippen LogP contribution in [-0.4, -0.2) is 19.8 Å². The van der Waals surface area contributed by atoms with Crippen LogP contribution in [0.1, 0.15) is 34.7 Å². The van der Waals surface area contributed by atoms with E-state index in [0.29, 0.717) is 10.8 Å². The summed E-state index contributed by atoms with van der Waals surface area (Å²) >= 11 is 9.32. The highest BCUT2D eigenvalue weighted by molar-refractivity contribution is 9.10. The standard InChI is InChI=1S/C26H23BrN4OS/c1-16-15-20(17(2)30(16)19-12-10-18(27)11-13-19)25-24(21-7-5-6-14-28-21)29-26(33)31(25)22-8-3-4-9-23(22)32/h3-15,24-25,32H,1-2H3,(H,29,33)/t24-,25-/m0/s1. The lowest BCUT2D eigenvalue weighted by molar-refractivity contribution is 0.472. The predicted molar refractivity (Wildman–Crippen MR) is 139 cm³/mol. The minimum atomic E-state index is -0.184. The highest BCUT2D eigenvalue weighted by Gasteiger charge is 2.43. The third-order valence-electron chi connectivity index (χ3n) is 6.11. The van der Waals surface area contributed by atoms with Crippen LogP contribution in [0.2, 0.25) is 0 Å². The second kappa shape index (κ2) is 8.65. The number of pyridine rings is 1. The van der Waals surface area contributed by atoms with E-state index in [1.807, 2.05) is 53.4 Å². The number of phenolic OH excluding ortho intramolecular Hbond substituents is 1. The molecule has 5 rings (SSSR count). The summed E-state index contributed by atoms with van der Waals surface area (Å²) in [5.74, 6) is 0.190. The number of aryl methyl sites for hydroxylation is 1. The van der Waals surface area contributed by atoms with Crippen molar-refractivity contribution >= 4 is 38.9 Å². The van der Waals surface area contributed by atoms with E-state index >= 15 is 0 Å². The predicted octanol–water partition coefficient (Wildman–Crippen LogP) is 6.13. The maximum absolute atomic E-state index is 10.7. The molecule has 2 aromatic heterocycles. The maximum atomic E-state index is 10.7. The van der Waals surface area contributed by atoms with Gasteiger partial charge in [-0.15, -0.1) is 0 Å². The molecule has 0 spiro atoms. The number of halogens is 1. The molecule has 33 heavy (non-hydrogen) atoms. The minimum Gasteiger partial charge on any atom is -0.506 e. The fourth-order valence-corrected chi connectivity index (χ4v) is 5.28. The van der Waals surface area contributed by atoms with Crippen LogP contribution in [0.3, 0.4) is 0 Å². The van der Waals surface area contributed by atoms with Crippen molar-refractivity contribution in [3.05, 3.63) is 106 Å². The topological polar surface area (TPSA) is 53.3 Å². The van der Waals surface area contributed by atoms with E-state index in [-0.39, 0.29) is 17.8 Å². The summed E-state index contributed by atoms with van der Waals surface area (Å²) < 4.78 is 3.29. The van der Waals surface area contributed by atoms with Gasteiger partial charge in [-0.2, -0.15) is 0 Å². The number of rotatable bonds is 4. The van der Waals surface area contributed by atoms with Gasteiger partial charge in [0.2, 0.25) is 0 Å². The molecular weight excluding hydrogens is 496 g/mol. The fraction of sp³-hybridized carbons (Fsp3) is 0.154. The Kier molecular flexibility index (Phi) is 5.68. The molecule has 0 aliphatic carbocycles. The van der Waals surface area contributed by atoms with Gasteiger partial charge in [0, 0.05) is 27.7 Å². The summed E-state index contributed by atoms with van der Waals surface area (Å²) in [6, 6.07) is 23.4. The van der Waals surface area contributed by atoms with E-state index in [1.165, 1.54) is 0 Å². The number of hydrogen-bond donors (Lipinski definition) is 2. The van der Waals surface area contributed by atoms with Crippen LogP contribution in [-0.2, 0) is 0 Å². The molecule has 0 amide bonds. The van der Waals surface area contributed by atoms with Crippen molar-refractivity contribution in [3.8, 4) is 11.4 Å². The Bertz CT molecular complexity index is 1320. The van der Waals surface area contributed by atoms with E-state index in [0.717, 1.165) is 32.8 Å². The third kappa shape index (κ3) is 3.81. The highest BCUT2D eigenvalue weighted by Crippen LogP contribution is 2.45. The zero-order chi connectivity index (χ0) is 23.1. The van der Waals surface area contributed by atoms with Crippen LogP contribution in [0.5, 0.6) is 5.75 Å². The lowest BCUT2D eigenvalue weighted by Crippen LogP contribution is -2.29. The number of nitrogens with one attached hydrogen (secondary N) is 1. The third-order valence-corrected chi connectivity index (χ3v) is 6.96. The number of benzene rings is 2. The number of anilines is 1. The smallest absolute Gasteiger partial charge is 0.174 e. The number of thiocarbonyl (C=S) groups is 1. The first-order valence-electron chi connectivity index (χ1n) is 10.7. The molecule has 7 heteroatoms. The number of aromatic hydroxyl groups is 1. The summed E-state index contributed by atoms with van der Waals surface area (Å²) in [7, 11) is 0. The largest absolute Gasteiger partial charge is 0.506 e. The SMILES string of the molecule is Cc1cc([C@H]2[C@H](c3ccccn3)NC(=S)N2c2ccccc2O)c(C)n1-c1ccc(Br)cc1. The molecule has 1 aliphatic heterocycles. The molecule has 2 aromatic carbocycles. The van der Waals surface area contributed by atoms with Gasteiger partial charge in [-0.3, -0.25) is 4.98 Å². The quantitative estimate of drug-likeness (QED) is 0.318. The number of nitrogens with zero attached hydrogens (tertiary/aromatic N) is 3. The average Bonchev–Trinajstić information content (AvgIpc) is 3.31. The lowest BCUT2D eigenvalue weighted by atomic mass is 9.96. The Hall–Kier alpha value is -3.16. The molecule has 5 nitrogen and oxygen atoms in total. The lowest BCUT2D eigenvalue weighted by Gasteiger charge is -2.28. The normalized spacial score (nSPS) is 17.9. The summed E-state index contributed by atoms with van der Waals surface area (Å²) in [5, 5.41) is 14.7. The first-order chi connectivity index (χ1) is 16.0. The van der Waals surface area contributed by atoms with Crippen molar-refractivity contribution in [2.75, 3.05) is 4.90 Å². The Balaban J connectivity index is 1.69. The molecule has 2 N–H and O–H groups in total. The molecule has 0 saturated carbocycles. The molecule has 1 saturated heterocycles. The average molecular weight is 519 g/mol. The van der Waals surface area contributed by atoms with Crippen molar-refractivity contribution in [3.63, 3.8) is 0 Å². The Labute approximate surface area is 206 Å². The van der Waals surface area contributed by atoms with E-state index < -0.39 is 0 Å².